The van der Waals surface area contributed by atoms with Gasteiger partial charge in [0.1, 0.15) is 5.82 Å². The fraction of sp³-hybridized carbons (Fsp3) is 0.167. The molecule has 1 aromatic heterocycles. The first-order valence-corrected chi connectivity index (χ1v) is 9.03. The predicted molar refractivity (Wildman–Crippen MR) is 98.6 cm³/mol. The average Bonchev–Trinajstić information content (AvgIpc) is 3.23. The van der Waals surface area contributed by atoms with Gasteiger partial charge in [-0.15, -0.1) is 0 Å². The molecule has 1 unspecified atom stereocenters. The Bertz CT molecular complexity index is 977. The van der Waals surface area contributed by atoms with Gasteiger partial charge in [0.25, 0.3) is 0 Å². The van der Waals surface area contributed by atoms with Crippen molar-refractivity contribution in [3.63, 3.8) is 0 Å². The first kappa shape index (κ1) is 17.2. The van der Waals surface area contributed by atoms with Crippen LogP contribution in [0.25, 0.3) is 11.4 Å². The lowest BCUT2D eigenvalue weighted by atomic mass is 10.1. The van der Waals surface area contributed by atoms with Crippen LogP contribution >= 0.6 is 27.5 Å². The van der Waals surface area contributed by atoms with Gasteiger partial charge in [-0.3, -0.25) is 4.79 Å². The fourth-order valence-corrected chi connectivity index (χ4v) is 3.46. The van der Waals surface area contributed by atoms with Gasteiger partial charge in [-0.05, 0) is 42.5 Å². The van der Waals surface area contributed by atoms with E-state index in [-0.39, 0.29) is 23.3 Å². The van der Waals surface area contributed by atoms with Crippen LogP contribution in [-0.4, -0.2) is 22.6 Å². The minimum Gasteiger partial charge on any atom is -0.339 e. The van der Waals surface area contributed by atoms with Gasteiger partial charge in [0, 0.05) is 23.0 Å². The molecule has 0 saturated carbocycles. The number of anilines is 1. The van der Waals surface area contributed by atoms with Gasteiger partial charge in [0.05, 0.1) is 16.6 Å². The molecule has 0 bridgehead atoms. The zero-order valence-electron chi connectivity index (χ0n) is 13.3. The standard InChI is InChI=1S/C18H12BrClFN3O2/c19-12-3-1-10(2-4-12)17-22-18(26-23-17)11-7-16(25)24(9-11)15-6-5-13(21)8-14(15)20/h1-6,8,11H,7,9H2. The van der Waals surface area contributed by atoms with Crippen LogP contribution in [0.5, 0.6) is 0 Å². The maximum Gasteiger partial charge on any atom is 0.232 e. The summed E-state index contributed by atoms with van der Waals surface area (Å²) in [5, 5.41) is 4.20. The lowest BCUT2D eigenvalue weighted by Gasteiger charge is -2.17. The van der Waals surface area contributed by atoms with E-state index in [9.17, 15) is 9.18 Å². The maximum atomic E-state index is 13.2. The Labute approximate surface area is 161 Å². The molecule has 26 heavy (non-hydrogen) atoms. The van der Waals surface area contributed by atoms with Gasteiger partial charge >= 0.3 is 0 Å². The van der Waals surface area contributed by atoms with Crippen molar-refractivity contribution in [1.82, 2.24) is 10.1 Å². The maximum absolute atomic E-state index is 13.2. The average molecular weight is 437 g/mol. The van der Waals surface area contributed by atoms with E-state index in [1.807, 2.05) is 24.3 Å². The van der Waals surface area contributed by atoms with E-state index in [0.717, 1.165) is 10.0 Å². The van der Waals surface area contributed by atoms with E-state index in [0.29, 0.717) is 23.9 Å². The third-order valence-corrected chi connectivity index (χ3v) is 5.05. The number of halogens is 3. The predicted octanol–water partition coefficient (Wildman–Crippen LogP) is 4.81. The molecule has 2 heterocycles. The summed E-state index contributed by atoms with van der Waals surface area (Å²) in [4.78, 5) is 18.3. The van der Waals surface area contributed by atoms with Crippen molar-refractivity contribution in [1.29, 1.82) is 0 Å². The Balaban J connectivity index is 1.56. The number of carbonyl (C=O) groups is 1. The smallest absolute Gasteiger partial charge is 0.232 e. The topological polar surface area (TPSA) is 59.2 Å². The molecule has 4 rings (SSSR count). The van der Waals surface area contributed by atoms with E-state index in [1.165, 1.54) is 23.1 Å². The van der Waals surface area contributed by atoms with Crippen molar-refractivity contribution in [2.24, 2.45) is 0 Å². The molecule has 5 nitrogen and oxygen atoms in total. The fourth-order valence-electron chi connectivity index (χ4n) is 2.92. The van der Waals surface area contributed by atoms with Crippen LogP contribution in [0, 0.1) is 5.82 Å². The van der Waals surface area contributed by atoms with Crippen molar-refractivity contribution < 1.29 is 13.7 Å². The molecule has 0 aliphatic carbocycles. The molecule has 1 amide bonds. The lowest BCUT2D eigenvalue weighted by Crippen LogP contribution is -2.24. The number of hydrogen-bond donors (Lipinski definition) is 0. The monoisotopic (exact) mass is 435 g/mol. The van der Waals surface area contributed by atoms with E-state index < -0.39 is 5.82 Å². The second kappa shape index (κ2) is 6.81. The van der Waals surface area contributed by atoms with Crippen LogP contribution in [0.3, 0.4) is 0 Å². The first-order chi connectivity index (χ1) is 12.5. The molecule has 132 valence electrons. The highest BCUT2D eigenvalue weighted by Crippen LogP contribution is 2.35. The van der Waals surface area contributed by atoms with Crippen LogP contribution in [-0.2, 0) is 4.79 Å². The van der Waals surface area contributed by atoms with Gasteiger partial charge in [0.2, 0.25) is 17.6 Å². The lowest BCUT2D eigenvalue weighted by molar-refractivity contribution is -0.117. The van der Waals surface area contributed by atoms with Crippen LogP contribution < -0.4 is 4.90 Å². The Morgan fingerprint density at radius 1 is 1.23 bits per heavy atom. The molecule has 1 aliphatic rings. The van der Waals surface area contributed by atoms with Crippen molar-refractivity contribution in [2.45, 2.75) is 12.3 Å². The van der Waals surface area contributed by atoms with Crippen molar-refractivity contribution in [3.05, 3.63) is 63.7 Å². The summed E-state index contributed by atoms with van der Waals surface area (Å²) < 4.78 is 19.6. The van der Waals surface area contributed by atoms with Gasteiger partial charge in [-0.1, -0.05) is 32.7 Å². The third kappa shape index (κ3) is 3.24. The van der Waals surface area contributed by atoms with Crippen LogP contribution in [0.4, 0.5) is 10.1 Å². The number of aromatic nitrogens is 2. The van der Waals surface area contributed by atoms with E-state index in [4.69, 9.17) is 16.1 Å². The summed E-state index contributed by atoms with van der Waals surface area (Å²) in [5.41, 5.74) is 1.30. The summed E-state index contributed by atoms with van der Waals surface area (Å²) in [6.07, 6.45) is 0.232. The summed E-state index contributed by atoms with van der Waals surface area (Å²) in [7, 11) is 0. The summed E-state index contributed by atoms with van der Waals surface area (Å²) in [6, 6.07) is 11.5. The van der Waals surface area contributed by atoms with Gasteiger partial charge < -0.3 is 9.42 Å². The zero-order valence-corrected chi connectivity index (χ0v) is 15.7. The number of carbonyl (C=O) groups excluding carboxylic acids is 1. The summed E-state index contributed by atoms with van der Waals surface area (Å²) in [6.45, 7) is 0.353. The second-order valence-corrected chi connectivity index (χ2v) is 7.29. The van der Waals surface area contributed by atoms with Crippen LogP contribution in [0.2, 0.25) is 5.02 Å². The third-order valence-electron chi connectivity index (χ3n) is 4.22. The Kier molecular flexibility index (Phi) is 4.50. The molecule has 1 fully saturated rings. The quantitative estimate of drug-likeness (QED) is 0.591. The molecule has 0 N–H and O–H groups in total. The summed E-state index contributed by atoms with van der Waals surface area (Å²) in [5.74, 6) is 0.0698. The second-order valence-electron chi connectivity index (χ2n) is 5.96. The molecular weight excluding hydrogens is 425 g/mol. The largest absolute Gasteiger partial charge is 0.339 e. The van der Waals surface area contributed by atoms with Gasteiger partial charge in [0.15, 0.2) is 0 Å². The van der Waals surface area contributed by atoms with E-state index >= 15 is 0 Å². The Morgan fingerprint density at radius 2 is 2.00 bits per heavy atom. The van der Waals surface area contributed by atoms with Crippen LogP contribution in [0.1, 0.15) is 18.2 Å². The SMILES string of the molecule is O=C1CC(c2nc(-c3ccc(Br)cc3)no2)CN1c1ccc(F)cc1Cl. The molecule has 0 spiro atoms. The minimum atomic E-state index is -0.446. The molecule has 8 heteroatoms. The molecule has 1 atom stereocenters. The number of hydrogen-bond acceptors (Lipinski definition) is 4. The van der Waals surface area contributed by atoms with Crippen molar-refractivity contribution in [3.8, 4) is 11.4 Å². The highest BCUT2D eigenvalue weighted by atomic mass is 79.9. The first-order valence-electron chi connectivity index (χ1n) is 7.86. The highest BCUT2D eigenvalue weighted by Gasteiger charge is 2.36. The Morgan fingerprint density at radius 3 is 2.73 bits per heavy atom. The number of amides is 1. The minimum absolute atomic E-state index is 0.119. The number of benzene rings is 2. The number of nitrogens with zero attached hydrogens (tertiary/aromatic N) is 3. The van der Waals surface area contributed by atoms with Crippen molar-refractivity contribution in [2.75, 3.05) is 11.4 Å². The molecule has 0 radical (unpaired) electrons. The van der Waals surface area contributed by atoms with Crippen LogP contribution in [0.15, 0.2) is 51.5 Å². The van der Waals surface area contributed by atoms with Gasteiger partial charge in [-0.2, -0.15) is 4.98 Å². The normalized spacial score (nSPS) is 17.1. The molecular formula is C18H12BrClFN3O2. The Hall–Kier alpha value is -2.25. The molecule has 1 saturated heterocycles. The highest BCUT2D eigenvalue weighted by molar-refractivity contribution is 9.10. The van der Waals surface area contributed by atoms with E-state index in [2.05, 4.69) is 26.1 Å². The van der Waals surface area contributed by atoms with E-state index in [1.54, 1.807) is 0 Å². The van der Waals surface area contributed by atoms with Gasteiger partial charge in [-0.25, -0.2) is 4.39 Å². The van der Waals surface area contributed by atoms with Crippen molar-refractivity contribution >= 4 is 39.1 Å². The molecule has 1 aliphatic heterocycles. The number of rotatable bonds is 3. The molecule has 3 aromatic rings. The molecule has 2 aromatic carbocycles. The summed E-state index contributed by atoms with van der Waals surface area (Å²) >= 11 is 9.46. The zero-order chi connectivity index (χ0) is 18.3.